The second kappa shape index (κ2) is 7.28. The van der Waals surface area contributed by atoms with Crippen molar-refractivity contribution in [3.8, 4) is 6.07 Å². The highest BCUT2D eigenvalue weighted by Crippen LogP contribution is 2.40. The fraction of sp³-hybridized carbons (Fsp3) is 0.261. The average Bonchev–Trinajstić information content (AvgIpc) is 3.13. The number of carbonyl (C=O) groups excluding carboxylic acids is 1. The molecule has 4 rings (SSSR count). The van der Waals surface area contributed by atoms with Crippen molar-refractivity contribution >= 4 is 21.6 Å². The van der Waals surface area contributed by atoms with Crippen LogP contribution in [0.25, 0.3) is 0 Å². The van der Waals surface area contributed by atoms with Gasteiger partial charge in [-0.3, -0.25) is 4.79 Å². The van der Waals surface area contributed by atoms with E-state index in [4.69, 9.17) is 5.26 Å². The third-order valence-corrected chi connectivity index (χ3v) is 6.83. The Morgan fingerprint density at radius 2 is 1.91 bits per heavy atom. The van der Waals surface area contributed by atoms with E-state index in [0.29, 0.717) is 5.56 Å². The van der Waals surface area contributed by atoms with Gasteiger partial charge < -0.3 is 10.0 Å². The number of amides is 1. The fourth-order valence-corrected chi connectivity index (χ4v) is 5.38. The van der Waals surface area contributed by atoms with Crippen LogP contribution < -0.4 is 0 Å². The first-order valence-corrected chi connectivity index (χ1v) is 11.3. The third kappa shape index (κ3) is 3.37. The van der Waals surface area contributed by atoms with Gasteiger partial charge in [0.1, 0.15) is 28.9 Å². The summed E-state index contributed by atoms with van der Waals surface area (Å²) in [5.74, 6) is -1.52. The summed E-state index contributed by atoms with van der Waals surface area (Å²) in [7, 11) is -3.99. The van der Waals surface area contributed by atoms with Gasteiger partial charge in [-0.15, -0.1) is 0 Å². The molecule has 2 aromatic carbocycles. The van der Waals surface area contributed by atoms with E-state index in [1.54, 1.807) is 24.3 Å². The van der Waals surface area contributed by atoms with Crippen molar-refractivity contribution in [3.05, 3.63) is 76.3 Å². The number of carbonyl (C=O) groups is 1. The van der Waals surface area contributed by atoms with E-state index in [9.17, 15) is 22.7 Å². The lowest BCUT2D eigenvalue weighted by Crippen LogP contribution is -2.43. The molecule has 1 N–H and O–H groups in total. The van der Waals surface area contributed by atoms with Gasteiger partial charge in [0.2, 0.25) is 0 Å². The van der Waals surface area contributed by atoms with Gasteiger partial charge in [-0.1, -0.05) is 45.0 Å². The van der Waals surface area contributed by atoms with Crippen molar-refractivity contribution in [3.63, 3.8) is 0 Å². The number of halogens is 1. The Kier molecular flexibility index (Phi) is 4.94. The van der Waals surface area contributed by atoms with Crippen molar-refractivity contribution < 1.29 is 22.7 Å². The molecule has 0 fully saturated rings. The van der Waals surface area contributed by atoms with E-state index < -0.39 is 33.2 Å². The van der Waals surface area contributed by atoms with E-state index in [0.717, 1.165) is 6.07 Å². The number of aliphatic hydroxyl groups is 1. The number of hydrogen-bond donors (Lipinski definition) is 1. The van der Waals surface area contributed by atoms with Gasteiger partial charge in [0.15, 0.2) is 0 Å². The zero-order valence-electron chi connectivity index (χ0n) is 17.6. The Balaban J connectivity index is 1.82. The van der Waals surface area contributed by atoms with Gasteiger partial charge in [0.25, 0.3) is 15.9 Å². The lowest BCUT2D eigenvalue weighted by atomic mass is 9.84. The van der Waals surface area contributed by atoms with Gasteiger partial charge in [0.05, 0.1) is 16.5 Å². The summed E-state index contributed by atoms with van der Waals surface area (Å²) in [6.07, 6.45) is 0. The number of nitrogens with zero attached hydrogens (tertiary/aromatic N) is 3. The highest BCUT2D eigenvalue weighted by Gasteiger charge is 2.48. The fourth-order valence-electron chi connectivity index (χ4n) is 4.16. The maximum atomic E-state index is 13.7. The summed E-state index contributed by atoms with van der Waals surface area (Å²) in [4.78, 5) is 14.9. The Morgan fingerprint density at radius 3 is 2.56 bits per heavy atom. The number of fused-ring (bicyclic) bond motifs is 1. The van der Waals surface area contributed by atoms with Crippen molar-refractivity contribution in [2.24, 2.45) is 9.81 Å². The number of nitriles is 1. The second-order valence-corrected chi connectivity index (χ2v) is 10.4. The maximum absolute atomic E-state index is 13.7. The van der Waals surface area contributed by atoms with Crippen LogP contribution in [-0.2, 0) is 21.4 Å². The van der Waals surface area contributed by atoms with Crippen LogP contribution in [0.4, 0.5) is 4.39 Å². The van der Waals surface area contributed by atoms with Gasteiger partial charge in [0, 0.05) is 12.1 Å². The van der Waals surface area contributed by atoms with Crippen LogP contribution in [0, 0.1) is 22.6 Å². The number of rotatable bonds is 3. The molecule has 2 aliphatic rings. The highest BCUT2D eigenvalue weighted by molar-refractivity contribution is 7.90. The Labute approximate surface area is 185 Å². The molecule has 32 heavy (non-hydrogen) atoms. The normalized spacial score (nSPS) is 19.7. The molecule has 0 radical (unpaired) electrons. The minimum Gasteiger partial charge on any atom is -0.509 e. The molecule has 7 nitrogen and oxygen atoms in total. The molecule has 1 amide bonds. The van der Waals surface area contributed by atoms with Gasteiger partial charge >= 0.3 is 0 Å². The Bertz CT molecular complexity index is 1360. The summed E-state index contributed by atoms with van der Waals surface area (Å²) in [6.45, 7) is 5.50. The average molecular weight is 453 g/mol. The lowest BCUT2D eigenvalue weighted by molar-refractivity contribution is -0.129. The molecule has 2 aliphatic heterocycles. The predicted molar refractivity (Wildman–Crippen MR) is 115 cm³/mol. The summed E-state index contributed by atoms with van der Waals surface area (Å²) < 4.78 is 42.6. The van der Waals surface area contributed by atoms with Gasteiger partial charge in [-0.05, 0) is 29.2 Å². The Morgan fingerprint density at radius 1 is 1.22 bits per heavy atom. The highest BCUT2D eigenvalue weighted by atomic mass is 32.2. The lowest BCUT2D eigenvalue weighted by Gasteiger charge is -2.35. The molecule has 0 aromatic heterocycles. The standard InChI is InChI=1S/C23H20FN3O4S/c1-23(2,3)21-20(28)18(19-15-6-4-5-7-17(15)32(30,31)26-19)22(29)27(21)12-13-8-9-16(24)14(10-13)11-25/h4-10,21,28H,12H2,1-3H3. The third-order valence-electron chi connectivity index (χ3n) is 5.49. The molecule has 0 saturated heterocycles. The molecule has 1 unspecified atom stereocenters. The van der Waals surface area contributed by atoms with Crippen molar-refractivity contribution in [1.82, 2.24) is 4.90 Å². The molecule has 2 aromatic rings. The molecule has 164 valence electrons. The van der Waals surface area contributed by atoms with Crippen LogP contribution in [0.2, 0.25) is 0 Å². The summed E-state index contributed by atoms with van der Waals surface area (Å²) in [5, 5.41) is 20.2. The first-order chi connectivity index (χ1) is 15.0. The van der Waals surface area contributed by atoms with Crippen LogP contribution in [0.1, 0.15) is 37.5 Å². The van der Waals surface area contributed by atoms with E-state index in [1.807, 2.05) is 20.8 Å². The van der Waals surface area contributed by atoms with Crippen molar-refractivity contribution in [1.29, 1.82) is 5.26 Å². The number of hydrogen-bond acceptors (Lipinski definition) is 5. The number of sulfonamides is 1. The zero-order chi connectivity index (χ0) is 23.4. The van der Waals surface area contributed by atoms with E-state index in [-0.39, 0.29) is 39.6 Å². The van der Waals surface area contributed by atoms with Crippen molar-refractivity contribution in [2.75, 3.05) is 0 Å². The first-order valence-electron chi connectivity index (χ1n) is 9.83. The summed E-state index contributed by atoms with van der Waals surface area (Å²) >= 11 is 0. The number of aliphatic hydroxyl groups excluding tert-OH is 1. The SMILES string of the molecule is CC(C)(C)C1C(O)=C(C2=NS(=O)(=O)c3ccccc32)C(=O)N1Cc1ccc(F)c(C#N)c1. The monoisotopic (exact) mass is 453 g/mol. The van der Waals surface area contributed by atoms with Crippen LogP contribution in [0.15, 0.2) is 63.1 Å². The van der Waals surface area contributed by atoms with Crippen LogP contribution >= 0.6 is 0 Å². The van der Waals surface area contributed by atoms with E-state index in [1.165, 1.54) is 23.1 Å². The van der Waals surface area contributed by atoms with E-state index >= 15 is 0 Å². The molecule has 0 aliphatic carbocycles. The molecule has 2 heterocycles. The molecule has 0 saturated carbocycles. The minimum absolute atomic E-state index is 0.00896. The Hall–Kier alpha value is -3.51. The van der Waals surface area contributed by atoms with E-state index in [2.05, 4.69) is 4.40 Å². The van der Waals surface area contributed by atoms with Crippen LogP contribution in [0.5, 0.6) is 0 Å². The van der Waals surface area contributed by atoms with Crippen LogP contribution in [-0.4, -0.2) is 36.1 Å². The summed E-state index contributed by atoms with van der Waals surface area (Å²) in [6, 6.07) is 11.1. The summed E-state index contributed by atoms with van der Waals surface area (Å²) in [5.41, 5.74) is -0.264. The quantitative estimate of drug-likeness (QED) is 0.765. The molecule has 0 bridgehead atoms. The smallest absolute Gasteiger partial charge is 0.283 e. The first kappa shape index (κ1) is 21.7. The van der Waals surface area contributed by atoms with Crippen molar-refractivity contribution in [2.45, 2.75) is 38.3 Å². The minimum atomic E-state index is -3.99. The van der Waals surface area contributed by atoms with Crippen LogP contribution in [0.3, 0.4) is 0 Å². The molecular weight excluding hydrogens is 433 g/mol. The predicted octanol–water partition coefficient (Wildman–Crippen LogP) is 3.46. The number of benzene rings is 2. The van der Waals surface area contributed by atoms with Gasteiger partial charge in [-0.2, -0.15) is 18.1 Å². The zero-order valence-corrected chi connectivity index (χ0v) is 18.4. The molecular formula is C23H20FN3O4S. The maximum Gasteiger partial charge on any atom is 0.283 e. The molecule has 9 heteroatoms. The molecule has 1 atom stereocenters. The van der Waals surface area contributed by atoms with Gasteiger partial charge in [-0.25, -0.2) is 4.39 Å². The second-order valence-electron chi connectivity index (χ2n) is 8.80. The topological polar surface area (TPSA) is 111 Å². The largest absolute Gasteiger partial charge is 0.509 e. The molecule has 0 spiro atoms.